The van der Waals surface area contributed by atoms with E-state index in [1.165, 1.54) is 6.07 Å². The van der Waals surface area contributed by atoms with Crippen LogP contribution >= 0.6 is 0 Å². The van der Waals surface area contributed by atoms with Gasteiger partial charge < -0.3 is 10.2 Å². The van der Waals surface area contributed by atoms with Gasteiger partial charge in [0.15, 0.2) is 0 Å². The predicted molar refractivity (Wildman–Crippen MR) is 52.7 cm³/mol. The molecule has 1 atom stereocenters. The summed E-state index contributed by atoms with van der Waals surface area (Å²) in [5, 5.41) is 10.3. The number of furan rings is 1. The van der Waals surface area contributed by atoms with Crippen LogP contribution in [0.4, 0.5) is 5.88 Å². The van der Waals surface area contributed by atoms with Crippen LogP contribution in [0.1, 0.15) is 19.6 Å². The van der Waals surface area contributed by atoms with Crippen LogP contribution in [0, 0.1) is 10.1 Å². The van der Waals surface area contributed by atoms with Gasteiger partial charge in [-0.15, -0.1) is 0 Å². The van der Waals surface area contributed by atoms with Crippen molar-refractivity contribution in [2.45, 2.75) is 19.9 Å². The van der Waals surface area contributed by atoms with Gasteiger partial charge in [0, 0.05) is 6.04 Å². The molecule has 0 spiro atoms. The van der Waals surface area contributed by atoms with E-state index in [-0.39, 0.29) is 11.9 Å². The van der Waals surface area contributed by atoms with E-state index in [4.69, 9.17) is 10.2 Å². The van der Waals surface area contributed by atoms with Gasteiger partial charge in [-0.25, -0.2) is 0 Å². The first-order valence-electron chi connectivity index (χ1n) is 4.18. The highest BCUT2D eigenvalue weighted by Crippen LogP contribution is 2.18. The van der Waals surface area contributed by atoms with E-state index in [2.05, 4.69) is 0 Å². The Bertz CT molecular complexity index is 366. The zero-order chi connectivity index (χ0) is 10.7. The molecule has 0 amide bonds. The molecule has 1 unspecified atom stereocenters. The minimum atomic E-state index is -0.571. The van der Waals surface area contributed by atoms with Crippen LogP contribution in [0.5, 0.6) is 0 Å². The Morgan fingerprint density at radius 3 is 2.79 bits per heavy atom. The number of hydrogen-bond acceptors (Lipinski definition) is 4. The molecule has 0 radical (unpaired) electrons. The Labute approximate surface area is 81.4 Å². The molecule has 0 bridgehead atoms. The number of hydrogen-bond donors (Lipinski definition) is 1. The SMILES string of the molecule is C/C(=C\c1ccc([N+](=O)[O-])o1)C(C)N. The van der Waals surface area contributed by atoms with Crippen molar-refractivity contribution < 1.29 is 9.34 Å². The van der Waals surface area contributed by atoms with Crippen molar-refractivity contribution in [1.82, 2.24) is 0 Å². The molecule has 76 valence electrons. The Morgan fingerprint density at radius 2 is 2.36 bits per heavy atom. The van der Waals surface area contributed by atoms with Crippen LogP contribution in [0.2, 0.25) is 0 Å². The van der Waals surface area contributed by atoms with Crippen LogP contribution in [0.25, 0.3) is 6.08 Å². The second kappa shape index (κ2) is 4.06. The van der Waals surface area contributed by atoms with Gasteiger partial charge in [-0.2, -0.15) is 0 Å². The molecule has 0 aliphatic rings. The molecule has 0 aliphatic carbocycles. The molecule has 0 saturated heterocycles. The Hall–Kier alpha value is -1.62. The number of nitro groups is 1. The Balaban J connectivity index is 2.88. The largest absolute Gasteiger partial charge is 0.433 e. The van der Waals surface area contributed by atoms with Crippen molar-refractivity contribution in [3.05, 3.63) is 33.6 Å². The van der Waals surface area contributed by atoms with E-state index in [1.807, 2.05) is 13.8 Å². The van der Waals surface area contributed by atoms with E-state index in [0.29, 0.717) is 5.76 Å². The smallest absolute Gasteiger partial charge is 0.401 e. The standard InChI is InChI=1S/C9H12N2O3/c1-6(7(2)10)5-8-3-4-9(14-8)11(12)13/h3-5,7H,10H2,1-2H3/b6-5+. The molecule has 5 heteroatoms. The molecule has 1 aromatic rings. The van der Waals surface area contributed by atoms with Crippen molar-refractivity contribution in [2.75, 3.05) is 0 Å². The maximum absolute atomic E-state index is 10.3. The molecule has 0 aliphatic heterocycles. The summed E-state index contributed by atoms with van der Waals surface area (Å²) in [5.41, 5.74) is 6.52. The maximum atomic E-state index is 10.3. The number of rotatable bonds is 3. The Kier molecular flexibility index (Phi) is 3.03. The molecule has 0 saturated carbocycles. The summed E-state index contributed by atoms with van der Waals surface area (Å²) >= 11 is 0. The molecule has 5 nitrogen and oxygen atoms in total. The molecule has 0 aromatic carbocycles. The normalized spacial score (nSPS) is 14.1. The lowest BCUT2D eigenvalue weighted by Gasteiger charge is -2.02. The zero-order valence-corrected chi connectivity index (χ0v) is 8.06. The fourth-order valence-corrected chi connectivity index (χ4v) is 0.874. The average Bonchev–Trinajstić information content (AvgIpc) is 2.52. The fourth-order valence-electron chi connectivity index (χ4n) is 0.874. The van der Waals surface area contributed by atoms with Gasteiger partial charge in [-0.05, 0) is 26.0 Å². The van der Waals surface area contributed by atoms with E-state index < -0.39 is 4.92 Å². The highest BCUT2D eigenvalue weighted by atomic mass is 16.6. The third-order valence-electron chi connectivity index (χ3n) is 1.88. The zero-order valence-electron chi connectivity index (χ0n) is 8.06. The second-order valence-electron chi connectivity index (χ2n) is 3.11. The summed E-state index contributed by atoms with van der Waals surface area (Å²) in [6.07, 6.45) is 1.69. The first kappa shape index (κ1) is 10.5. The van der Waals surface area contributed by atoms with Crippen LogP contribution in [-0.2, 0) is 0 Å². The third-order valence-corrected chi connectivity index (χ3v) is 1.88. The molecular weight excluding hydrogens is 184 g/mol. The van der Waals surface area contributed by atoms with Crippen molar-refractivity contribution in [3.63, 3.8) is 0 Å². The summed E-state index contributed by atoms with van der Waals surface area (Å²) in [5.74, 6) is 0.195. The van der Waals surface area contributed by atoms with Gasteiger partial charge >= 0.3 is 5.88 Å². The second-order valence-corrected chi connectivity index (χ2v) is 3.11. The topological polar surface area (TPSA) is 82.3 Å². The maximum Gasteiger partial charge on any atom is 0.433 e. The molecule has 14 heavy (non-hydrogen) atoms. The lowest BCUT2D eigenvalue weighted by molar-refractivity contribution is -0.402. The summed E-state index contributed by atoms with van der Waals surface area (Å²) in [6.45, 7) is 3.68. The quantitative estimate of drug-likeness (QED) is 0.591. The monoisotopic (exact) mass is 196 g/mol. The van der Waals surface area contributed by atoms with Gasteiger partial charge in [-0.3, -0.25) is 10.1 Å². The molecule has 2 N–H and O–H groups in total. The predicted octanol–water partition coefficient (Wildman–Crippen LogP) is 1.94. The first-order valence-corrected chi connectivity index (χ1v) is 4.18. The summed E-state index contributed by atoms with van der Waals surface area (Å²) in [6, 6.07) is 2.78. The van der Waals surface area contributed by atoms with Crippen molar-refractivity contribution in [3.8, 4) is 0 Å². The van der Waals surface area contributed by atoms with Gasteiger partial charge in [0.05, 0.1) is 6.07 Å². The van der Waals surface area contributed by atoms with Gasteiger partial charge in [-0.1, -0.05) is 5.57 Å². The van der Waals surface area contributed by atoms with Crippen LogP contribution < -0.4 is 5.73 Å². The summed E-state index contributed by atoms with van der Waals surface area (Å²) < 4.78 is 4.93. The molecule has 1 rings (SSSR count). The fraction of sp³-hybridized carbons (Fsp3) is 0.333. The van der Waals surface area contributed by atoms with E-state index in [1.54, 1.807) is 12.1 Å². The first-order chi connectivity index (χ1) is 6.50. The van der Waals surface area contributed by atoms with E-state index in [0.717, 1.165) is 5.57 Å². The lowest BCUT2D eigenvalue weighted by Crippen LogP contribution is -2.15. The molecule has 1 heterocycles. The minimum Gasteiger partial charge on any atom is -0.401 e. The molecule has 1 aromatic heterocycles. The minimum absolute atomic E-state index is 0.0841. The van der Waals surface area contributed by atoms with Crippen LogP contribution in [0.15, 0.2) is 22.1 Å². The van der Waals surface area contributed by atoms with Gasteiger partial charge in [0.25, 0.3) is 0 Å². The van der Waals surface area contributed by atoms with E-state index in [9.17, 15) is 10.1 Å². The molecule has 0 fully saturated rings. The lowest BCUT2D eigenvalue weighted by atomic mass is 10.1. The third kappa shape index (κ3) is 2.43. The van der Waals surface area contributed by atoms with Crippen LogP contribution in [-0.4, -0.2) is 11.0 Å². The Morgan fingerprint density at radius 1 is 1.71 bits per heavy atom. The number of nitrogens with zero attached hydrogens (tertiary/aromatic N) is 1. The van der Waals surface area contributed by atoms with Crippen molar-refractivity contribution in [2.24, 2.45) is 5.73 Å². The van der Waals surface area contributed by atoms with E-state index >= 15 is 0 Å². The average molecular weight is 196 g/mol. The summed E-state index contributed by atoms with van der Waals surface area (Å²) in [4.78, 5) is 9.73. The van der Waals surface area contributed by atoms with Crippen molar-refractivity contribution in [1.29, 1.82) is 0 Å². The number of nitrogens with two attached hydrogens (primary N) is 1. The molecular formula is C9H12N2O3. The summed E-state index contributed by atoms with van der Waals surface area (Å²) in [7, 11) is 0. The van der Waals surface area contributed by atoms with Crippen molar-refractivity contribution >= 4 is 12.0 Å². The van der Waals surface area contributed by atoms with Gasteiger partial charge in [0.2, 0.25) is 0 Å². The highest BCUT2D eigenvalue weighted by Gasteiger charge is 2.10. The van der Waals surface area contributed by atoms with Gasteiger partial charge in [0.1, 0.15) is 10.7 Å². The van der Waals surface area contributed by atoms with Crippen LogP contribution in [0.3, 0.4) is 0 Å². The highest BCUT2D eigenvalue weighted by molar-refractivity contribution is 5.49.